The molecule has 2 aliphatic rings. The van der Waals surface area contributed by atoms with E-state index in [4.69, 9.17) is 4.74 Å². The van der Waals surface area contributed by atoms with E-state index in [2.05, 4.69) is 63.9 Å². The number of ether oxygens (including phenoxy) is 1. The van der Waals surface area contributed by atoms with Gasteiger partial charge < -0.3 is 9.94 Å². The van der Waals surface area contributed by atoms with Gasteiger partial charge in [0.05, 0.1) is 7.11 Å². The number of nitrogens with zero attached hydrogens (tertiary/aromatic N) is 2. The van der Waals surface area contributed by atoms with E-state index < -0.39 is 0 Å². The second-order valence-corrected chi connectivity index (χ2v) is 8.16. The minimum Gasteiger partial charge on any atom is -0.497 e. The summed E-state index contributed by atoms with van der Waals surface area (Å²) in [7, 11) is 1.69. The zero-order valence-corrected chi connectivity index (χ0v) is 17.0. The Morgan fingerprint density at radius 3 is 2.63 bits per heavy atom. The zero-order chi connectivity index (χ0) is 20.6. The van der Waals surface area contributed by atoms with Crippen LogP contribution < -0.4 is 4.74 Å². The standard InChI is InChI=1S/C25H25N3O2/c1-30-20-12-6-11-19(15-20)25(18-9-3-2-4-10-18)14-13-21-22(16-25)26-27-24(21)23(28-29)17-7-5-8-17/h2-4,6,9-15,17,29H,5,7-8,16H2,1H3,(H,26,27). The van der Waals surface area contributed by atoms with Crippen LogP contribution in [0.4, 0.5) is 0 Å². The molecule has 30 heavy (non-hydrogen) atoms. The first-order valence-electron chi connectivity index (χ1n) is 10.4. The summed E-state index contributed by atoms with van der Waals surface area (Å²) in [5.74, 6) is 1.14. The molecule has 1 saturated carbocycles. The van der Waals surface area contributed by atoms with Crippen LogP contribution in [0.1, 0.15) is 47.3 Å². The number of hydrogen-bond donors (Lipinski definition) is 2. The molecule has 1 unspecified atom stereocenters. The molecular weight excluding hydrogens is 374 g/mol. The van der Waals surface area contributed by atoms with Gasteiger partial charge in [0, 0.05) is 29.0 Å². The van der Waals surface area contributed by atoms with E-state index in [1.54, 1.807) is 7.11 Å². The van der Waals surface area contributed by atoms with Crippen molar-refractivity contribution < 1.29 is 9.94 Å². The van der Waals surface area contributed by atoms with Crippen LogP contribution >= 0.6 is 0 Å². The first kappa shape index (κ1) is 18.7. The lowest BCUT2D eigenvalue weighted by Gasteiger charge is -2.35. The number of aromatic nitrogens is 2. The van der Waals surface area contributed by atoms with Gasteiger partial charge in [-0.2, -0.15) is 5.10 Å². The Morgan fingerprint density at radius 2 is 1.93 bits per heavy atom. The summed E-state index contributed by atoms with van der Waals surface area (Å²) in [5, 5.41) is 21.1. The van der Waals surface area contributed by atoms with Gasteiger partial charge in [-0.3, -0.25) is 5.10 Å². The molecule has 0 bridgehead atoms. The van der Waals surface area contributed by atoms with E-state index in [0.29, 0.717) is 11.6 Å². The third kappa shape index (κ3) is 2.93. The zero-order valence-electron chi connectivity index (χ0n) is 17.0. The molecule has 0 saturated heterocycles. The van der Waals surface area contributed by atoms with Crippen LogP contribution in [0.25, 0.3) is 6.08 Å². The minimum atomic E-state index is -0.334. The van der Waals surface area contributed by atoms with Crippen molar-refractivity contribution in [2.45, 2.75) is 31.1 Å². The lowest BCUT2D eigenvalue weighted by molar-refractivity contribution is 0.305. The first-order valence-corrected chi connectivity index (χ1v) is 10.4. The number of aromatic amines is 1. The van der Waals surface area contributed by atoms with Gasteiger partial charge in [0.2, 0.25) is 0 Å². The summed E-state index contributed by atoms with van der Waals surface area (Å²) in [5.41, 5.74) is 5.62. The highest BCUT2D eigenvalue weighted by molar-refractivity contribution is 6.04. The number of hydrogen-bond acceptors (Lipinski definition) is 4. The van der Waals surface area contributed by atoms with Gasteiger partial charge >= 0.3 is 0 Å². The van der Waals surface area contributed by atoms with Crippen molar-refractivity contribution in [1.29, 1.82) is 0 Å². The maximum Gasteiger partial charge on any atom is 0.119 e. The van der Waals surface area contributed by atoms with Crippen molar-refractivity contribution in [3.63, 3.8) is 0 Å². The molecule has 5 nitrogen and oxygen atoms in total. The van der Waals surface area contributed by atoms with Crippen molar-refractivity contribution in [3.05, 3.63) is 88.8 Å². The van der Waals surface area contributed by atoms with Crippen molar-refractivity contribution in [1.82, 2.24) is 10.2 Å². The summed E-state index contributed by atoms with van der Waals surface area (Å²) >= 11 is 0. The van der Waals surface area contributed by atoms with Crippen LogP contribution in [0, 0.1) is 5.92 Å². The lowest BCUT2D eigenvalue weighted by atomic mass is 9.68. The number of methoxy groups -OCH3 is 1. The Hall–Kier alpha value is -3.34. The van der Waals surface area contributed by atoms with Crippen molar-refractivity contribution in [2.75, 3.05) is 7.11 Å². The summed E-state index contributed by atoms with van der Waals surface area (Å²) in [6.07, 6.45) is 8.43. The highest BCUT2D eigenvalue weighted by atomic mass is 16.5. The van der Waals surface area contributed by atoms with Crippen LogP contribution in [-0.2, 0) is 11.8 Å². The highest BCUT2D eigenvalue weighted by Crippen LogP contribution is 2.43. The van der Waals surface area contributed by atoms with Crippen LogP contribution in [0.2, 0.25) is 0 Å². The molecule has 1 heterocycles. The maximum atomic E-state index is 9.65. The summed E-state index contributed by atoms with van der Waals surface area (Å²) < 4.78 is 5.50. The fourth-order valence-corrected chi connectivity index (χ4v) is 4.66. The average Bonchev–Trinajstić information content (AvgIpc) is 3.19. The normalized spacial score (nSPS) is 21.2. The van der Waals surface area contributed by atoms with Crippen LogP contribution in [-0.4, -0.2) is 28.2 Å². The Bertz CT molecular complexity index is 1110. The van der Waals surface area contributed by atoms with Gasteiger partial charge in [-0.25, -0.2) is 0 Å². The smallest absolute Gasteiger partial charge is 0.119 e. The Balaban J connectivity index is 1.62. The monoisotopic (exact) mass is 399 g/mol. The first-order chi connectivity index (χ1) is 14.7. The number of nitrogens with one attached hydrogen (secondary N) is 1. The van der Waals surface area contributed by atoms with Crippen LogP contribution in [0.5, 0.6) is 5.75 Å². The van der Waals surface area contributed by atoms with Crippen molar-refractivity contribution in [2.24, 2.45) is 11.1 Å². The molecule has 152 valence electrons. The average molecular weight is 399 g/mol. The second kappa shape index (κ2) is 7.48. The molecule has 2 aliphatic carbocycles. The quantitative estimate of drug-likeness (QED) is 0.362. The number of fused-ring (bicyclic) bond motifs is 1. The molecule has 5 heteroatoms. The van der Waals surface area contributed by atoms with E-state index in [0.717, 1.165) is 42.0 Å². The van der Waals surface area contributed by atoms with E-state index in [1.165, 1.54) is 17.5 Å². The molecule has 3 aromatic rings. The molecule has 0 aliphatic heterocycles. The minimum absolute atomic E-state index is 0.301. The molecule has 1 fully saturated rings. The molecular formula is C25H25N3O2. The van der Waals surface area contributed by atoms with Crippen LogP contribution in [0.15, 0.2) is 65.8 Å². The highest BCUT2D eigenvalue weighted by Gasteiger charge is 2.38. The maximum absolute atomic E-state index is 9.65. The number of allylic oxidation sites excluding steroid dienone is 1. The third-order valence-corrected chi connectivity index (χ3v) is 6.59. The predicted molar refractivity (Wildman–Crippen MR) is 117 cm³/mol. The second-order valence-electron chi connectivity index (χ2n) is 8.16. The van der Waals surface area contributed by atoms with Gasteiger partial charge in [0.1, 0.15) is 17.2 Å². The van der Waals surface area contributed by atoms with E-state index in [-0.39, 0.29) is 5.41 Å². The fraction of sp³-hybridized carbons (Fsp3) is 0.280. The molecule has 1 aromatic heterocycles. The summed E-state index contributed by atoms with van der Waals surface area (Å²) in [4.78, 5) is 0. The Kier molecular flexibility index (Phi) is 4.66. The molecule has 5 rings (SSSR count). The third-order valence-electron chi connectivity index (χ3n) is 6.59. The van der Waals surface area contributed by atoms with E-state index in [9.17, 15) is 5.21 Å². The topological polar surface area (TPSA) is 70.5 Å². The van der Waals surface area contributed by atoms with Crippen LogP contribution in [0.3, 0.4) is 0 Å². The number of H-pyrrole nitrogens is 1. The van der Waals surface area contributed by atoms with Gasteiger partial charge in [-0.15, -0.1) is 0 Å². The summed E-state index contributed by atoms with van der Waals surface area (Å²) in [6.45, 7) is 0. The van der Waals surface area contributed by atoms with Gasteiger partial charge in [-0.1, -0.05) is 66.2 Å². The number of oxime groups is 1. The van der Waals surface area contributed by atoms with Gasteiger partial charge in [0.25, 0.3) is 0 Å². The molecule has 0 spiro atoms. The van der Waals surface area contributed by atoms with E-state index in [1.807, 2.05) is 18.2 Å². The SMILES string of the molecule is COc1cccc(C2(c3ccccc3)C=Cc3c(C(=NO)C4CCC4)n[nH]c3C2)c1. The molecule has 2 N–H and O–H groups in total. The van der Waals surface area contributed by atoms with Crippen molar-refractivity contribution >= 4 is 11.8 Å². The lowest BCUT2D eigenvalue weighted by Crippen LogP contribution is -2.31. The number of rotatable bonds is 5. The molecule has 0 amide bonds. The fourth-order valence-electron chi connectivity index (χ4n) is 4.66. The summed E-state index contributed by atoms with van der Waals surface area (Å²) in [6, 6.07) is 18.8. The Morgan fingerprint density at radius 1 is 1.13 bits per heavy atom. The predicted octanol–water partition coefficient (Wildman–Crippen LogP) is 4.95. The van der Waals surface area contributed by atoms with E-state index >= 15 is 0 Å². The molecule has 1 atom stereocenters. The largest absolute Gasteiger partial charge is 0.497 e. The Labute approximate surface area is 176 Å². The number of benzene rings is 2. The van der Waals surface area contributed by atoms with Gasteiger partial charge in [-0.05, 0) is 36.1 Å². The van der Waals surface area contributed by atoms with Crippen molar-refractivity contribution in [3.8, 4) is 5.75 Å². The molecule has 0 radical (unpaired) electrons. The molecule has 2 aromatic carbocycles. The van der Waals surface area contributed by atoms with Gasteiger partial charge in [0.15, 0.2) is 0 Å².